The zero-order valence-corrected chi connectivity index (χ0v) is 12.1. The van der Waals surface area contributed by atoms with Crippen LogP contribution in [0.2, 0.25) is 0 Å². The number of anilines is 2. The van der Waals surface area contributed by atoms with Crippen LogP contribution in [0.1, 0.15) is 6.92 Å². The summed E-state index contributed by atoms with van der Waals surface area (Å²) in [5.41, 5.74) is 0. The first kappa shape index (κ1) is 13.5. The van der Waals surface area contributed by atoms with Gasteiger partial charge in [0, 0.05) is 27.7 Å². The number of aryl methyl sites for hydroxylation is 1. The number of nitrogens with zero attached hydrogens (tertiary/aromatic N) is 7. The van der Waals surface area contributed by atoms with E-state index in [1.807, 2.05) is 37.5 Å². The van der Waals surface area contributed by atoms with Crippen LogP contribution >= 0.6 is 11.8 Å². The van der Waals surface area contributed by atoms with E-state index in [-0.39, 0.29) is 0 Å². The molecule has 0 bridgehead atoms. The first-order chi connectivity index (χ1) is 9.10. The van der Waals surface area contributed by atoms with Gasteiger partial charge in [-0.15, -0.1) is 10.2 Å². The standard InChI is InChI=1S/C10H16N8S/c1-5-11-7-13-8(17(2)3)15-9(14-7)19-10-16-12-6-18(10)4/h6H,5H2,1-4H3,(H,11,13,14,15). The Balaban J connectivity index is 2.31. The number of aromatic nitrogens is 6. The number of hydrogen-bond donors (Lipinski definition) is 1. The Morgan fingerprint density at radius 2 is 2.11 bits per heavy atom. The Labute approximate surface area is 115 Å². The van der Waals surface area contributed by atoms with Crippen molar-refractivity contribution in [1.29, 1.82) is 0 Å². The molecule has 0 amide bonds. The zero-order valence-electron chi connectivity index (χ0n) is 11.3. The van der Waals surface area contributed by atoms with Crippen molar-refractivity contribution in [3.8, 4) is 0 Å². The molecule has 0 fully saturated rings. The first-order valence-corrected chi connectivity index (χ1v) is 6.61. The molecular formula is C10H16N8S. The maximum atomic E-state index is 4.38. The maximum absolute atomic E-state index is 4.38. The zero-order chi connectivity index (χ0) is 13.8. The third kappa shape index (κ3) is 3.31. The normalized spacial score (nSPS) is 10.5. The van der Waals surface area contributed by atoms with Crippen molar-refractivity contribution in [2.45, 2.75) is 17.2 Å². The van der Waals surface area contributed by atoms with Crippen LogP contribution in [0.4, 0.5) is 11.9 Å². The molecule has 2 aromatic rings. The fraction of sp³-hybridized carbons (Fsp3) is 0.500. The summed E-state index contributed by atoms with van der Waals surface area (Å²) >= 11 is 1.35. The lowest BCUT2D eigenvalue weighted by molar-refractivity contribution is 0.780. The Morgan fingerprint density at radius 3 is 2.68 bits per heavy atom. The topological polar surface area (TPSA) is 84.7 Å². The number of rotatable bonds is 5. The average molecular weight is 280 g/mol. The quantitative estimate of drug-likeness (QED) is 0.854. The summed E-state index contributed by atoms with van der Waals surface area (Å²) in [7, 11) is 5.66. The van der Waals surface area contributed by atoms with Crippen molar-refractivity contribution >= 4 is 23.7 Å². The van der Waals surface area contributed by atoms with Gasteiger partial charge < -0.3 is 14.8 Å². The lowest BCUT2D eigenvalue weighted by Gasteiger charge is -2.12. The van der Waals surface area contributed by atoms with Gasteiger partial charge in [-0.2, -0.15) is 15.0 Å². The SMILES string of the molecule is CCNc1nc(Sc2nncn2C)nc(N(C)C)n1. The van der Waals surface area contributed by atoms with Crippen LogP contribution in [0.3, 0.4) is 0 Å². The summed E-state index contributed by atoms with van der Waals surface area (Å²) in [5.74, 6) is 1.17. The number of nitrogens with one attached hydrogen (secondary N) is 1. The molecule has 0 aliphatic carbocycles. The van der Waals surface area contributed by atoms with Crippen molar-refractivity contribution in [3.05, 3.63) is 6.33 Å². The highest BCUT2D eigenvalue weighted by Crippen LogP contribution is 2.23. The minimum atomic E-state index is 0.561. The van der Waals surface area contributed by atoms with Gasteiger partial charge in [-0.05, 0) is 18.7 Å². The van der Waals surface area contributed by atoms with E-state index in [4.69, 9.17) is 0 Å². The van der Waals surface area contributed by atoms with Crippen LogP contribution in [-0.2, 0) is 7.05 Å². The molecule has 0 aliphatic heterocycles. The van der Waals surface area contributed by atoms with Gasteiger partial charge in [0.2, 0.25) is 17.1 Å². The van der Waals surface area contributed by atoms with Crippen LogP contribution in [0.5, 0.6) is 0 Å². The molecule has 0 aliphatic rings. The Bertz CT molecular complexity index is 552. The Hall–Kier alpha value is -1.90. The van der Waals surface area contributed by atoms with Crippen molar-refractivity contribution < 1.29 is 0 Å². The lowest BCUT2D eigenvalue weighted by atomic mass is 10.7. The Morgan fingerprint density at radius 1 is 1.32 bits per heavy atom. The fourth-order valence-electron chi connectivity index (χ4n) is 1.28. The van der Waals surface area contributed by atoms with E-state index in [0.29, 0.717) is 17.1 Å². The van der Waals surface area contributed by atoms with Gasteiger partial charge in [-0.3, -0.25) is 0 Å². The van der Waals surface area contributed by atoms with Crippen LogP contribution in [0, 0.1) is 0 Å². The second-order valence-electron chi connectivity index (χ2n) is 3.99. The summed E-state index contributed by atoms with van der Waals surface area (Å²) in [5, 5.41) is 12.2. The minimum absolute atomic E-state index is 0.561. The molecule has 19 heavy (non-hydrogen) atoms. The highest BCUT2D eigenvalue weighted by atomic mass is 32.2. The summed E-state index contributed by atoms with van der Waals surface area (Å²) in [6, 6.07) is 0. The third-order valence-electron chi connectivity index (χ3n) is 2.19. The minimum Gasteiger partial charge on any atom is -0.354 e. The van der Waals surface area contributed by atoms with E-state index in [9.17, 15) is 0 Å². The molecule has 2 aromatic heterocycles. The largest absolute Gasteiger partial charge is 0.354 e. The highest BCUT2D eigenvalue weighted by molar-refractivity contribution is 7.99. The Kier molecular flexibility index (Phi) is 4.15. The van der Waals surface area contributed by atoms with E-state index in [1.165, 1.54) is 11.8 Å². The second kappa shape index (κ2) is 5.83. The van der Waals surface area contributed by atoms with Crippen molar-refractivity contribution in [1.82, 2.24) is 29.7 Å². The molecule has 1 N–H and O–H groups in total. The van der Waals surface area contributed by atoms with Gasteiger partial charge >= 0.3 is 0 Å². The van der Waals surface area contributed by atoms with E-state index < -0.39 is 0 Å². The molecule has 0 saturated carbocycles. The molecule has 0 aromatic carbocycles. The second-order valence-corrected chi connectivity index (χ2v) is 4.93. The molecule has 8 nitrogen and oxygen atoms in total. The smallest absolute Gasteiger partial charge is 0.230 e. The molecule has 0 radical (unpaired) electrons. The van der Waals surface area contributed by atoms with Crippen LogP contribution < -0.4 is 10.2 Å². The number of hydrogen-bond acceptors (Lipinski definition) is 8. The van der Waals surface area contributed by atoms with Gasteiger partial charge in [-0.25, -0.2) is 0 Å². The van der Waals surface area contributed by atoms with Crippen molar-refractivity contribution in [2.75, 3.05) is 30.9 Å². The molecule has 2 rings (SSSR count). The van der Waals surface area contributed by atoms with E-state index in [0.717, 1.165) is 11.7 Å². The molecule has 102 valence electrons. The summed E-state index contributed by atoms with van der Waals surface area (Å²) < 4.78 is 1.82. The third-order valence-corrected chi connectivity index (χ3v) is 3.11. The van der Waals surface area contributed by atoms with Gasteiger partial charge in [0.25, 0.3) is 0 Å². The average Bonchev–Trinajstić information content (AvgIpc) is 2.75. The first-order valence-electron chi connectivity index (χ1n) is 5.79. The summed E-state index contributed by atoms with van der Waals surface area (Å²) in [6.07, 6.45) is 1.64. The van der Waals surface area contributed by atoms with Crippen LogP contribution in [0.25, 0.3) is 0 Å². The van der Waals surface area contributed by atoms with Crippen molar-refractivity contribution in [2.24, 2.45) is 7.05 Å². The van der Waals surface area contributed by atoms with Crippen molar-refractivity contribution in [3.63, 3.8) is 0 Å². The van der Waals surface area contributed by atoms with Crippen LogP contribution in [0.15, 0.2) is 16.6 Å². The summed E-state index contributed by atoms with van der Waals surface area (Å²) in [4.78, 5) is 14.9. The summed E-state index contributed by atoms with van der Waals surface area (Å²) in [6.45, 7) is 2.75. The van der Waals surface area contributed by atoms with E-state index in [1.54, 1.807) is 6.33 Å². The predicted molar refractivity (Wildman–Crippen MR) is 73.4 cm³/mol. The lowest BCUT2D eigenvalue weighted by Crippen LogP contribution is -2.15. The van der Waals surface area contributed by atoms with Gasteiger partial charge in [0.15, 0.2) is 5.16 Å². The van der Waals surface area contributed by atoms with Crippen LogP contribution in [-0.4, -0.2) is 50.4 Å². The highest BCUT2D eigenvalue weighted by Gasteiger charge is 2.11. The van der Waals surface area contributed by atoms with E-state index >= 15 is 0 Å². The maximum Gasteiger partial charge on any atom is 0.230 e. The molecule has 0 atom stereocenters. The monoisotopic (exact) mass is 280 g/mol. The van der Waals surface area contributed by atoms with E-state index in [2.05, 4.69) is 30.5 Å². The molecule has 0 spiro atoms. The molecule has 0 unspecified atom stereocenters. The molecule has 2 heterocycles. The van der Waals surface area contributed by atoms with Gasteiger partial charge in [0.1, 0.15) is 6.33 Å². The molecule has 0 saturated heterocycles. The molecular weight excluding hydrogens is 264 g/mol. The molecule has 9 heteroatoms. The van der Waals surface area contributed by atoms with Gasteiger partial charge in [-0.1, -0.05) is 0 Å². The predicted octanol–water partition coefficient (Wildman–Crippen LogP) is 0.649. The fourth-order valence-corrected chi connectivity index (χ4v) is 1.98. The van der Waals surface area contributed by atoms with Gasteiger partial charge in [0.05, 0.1) is 0 Å².